The van der Waals surface area contributed by atoms with E-state index in [9.17, 15) is 0 Å². The SMILES string of the molecule is Cn1ccnc1C1CNc2ccccc2C1. The van der Waals surface area contributed by atoms with Gasteiger partial charge in [-0.2, -0.15) is 0 Å². The number of nitrogens with zero attached hydrogens (tertiary/aromatic N) is 2. The molecule has 2 aromatic rings. The van der Waals surface area contributed by atoms with Gasteiger partial charge >= 0.3 is 0 Å². The van der Waals surface area contributed by atoms with Crippen molar-refractivity contribution in [2.75, 3.05) is 11.9 Å². The fraction of sp³-hybridized carbons (Fsp3) is 0.308. The number of aryl methyl sites for hydroxylation is 1. The molecule has 0 spiro atoms. The van der Waals surface area contributed by atoms with E-state index in [0.29, 0.717) is 5.92 Å². The molecule has 0 fully saturated rings. The average Bonchev–Trinajstić information content (AvgIpc) is 2.75. The van der Waals surface area contributed by atoms with Crippen molar-refractivity contribution in [2.45, 2.75) is 12.3 Å². The number of benzene rings is 1. The lowest BCUT2D eigenvalue weighted by Crippen LogP contribution is -2.23. The molecule has 1 aliphatic rings. The van der Waals surface area contributed by atoms with E-state index in [0.717, 1.165) is 13.0 Å². The lowest BCUT2D eigenvalue weighted by atomic mass is 9.93. The predicted octanol–water partition coefficient (Wildman–Crippen LogP) is 2.17. The van der Waals surface area contributed by atoms with Crippen LogP contribution in [-0.4, -0.2) is 16.1 Å². The molecule has 3 heteroatoms. The van der Waals surface area contributed by atoms with Gasteiger partial charge in [0.2, 0.25) is 0 Å². The maximum absolute atomic E-state index is 4.44. The Hall–Kier alpha value is -1.77. The van der Waals surface area contributed by atoms with Crippen LogP contribution in [0.5, 0.6) is 0 Å². The molecule has 1 N–H and O–H groups in total. The van der Waals surface area contributed by atoms with Crippen molar-refractivity contribution in [2.24, 2.45) is 7.05 Å². The largest absolute Gasteiger partial charge is 0.384 e. The fourth-order valence-electron chi connectivity index (χ4n) is 2.39. The van der Waals surface area contributed by atoms with Gasteiger partial charge in [0.15, 0.2) is 0 Å². The maximum atomic E-state index is 4.44. The van der Waals surface area contributed by atoms with Gasteiger partial charge in [0.05, 0.1) is 0 Å². The molecule has 0 saturated heterocycles. The van der Waals surface area contributed by atoms with Crippen LogP contribution in [0.25, 0.3) is 0 Å². The molecule has 0 radical (unpaired) electrons. The van der Waals surface area contributed by atoms with Crippen molar-refractivity contribution in [3.05, 3.63) is 48.0 Å². The zero-order valence-electron chi connectivity index (χ0n) is 9.35. The molecule has 3 nitrogen and oxygen atoms in total. The van der Waals surface area contributed by atoms with Crippen LogP contribution in [-0.2, 0) is 13.5 Å². The molecule has 0 bridgehead atoms. The third-order valence-electron chi connectivity index (χ3n) is 3.25. The topological polar surface area (TPSA) is 29.9 Å². The van der Waals surface area contributed by atoms with Gasteiger partial charge in [0.1, 0.15) is 5.82 Å². The van der Waals surface area contributed by atoms with Crippen molar-refractivity contribution < 1.29 is 0 Å². The summed E-state index contributed by atoms with van der Waals surface area (Å²) < 4.78 is 2.11. The zero-order chi connectivity index (χ0) is 11.0. The number of fused-ring (bicyclic) bond motifs is 1. The quantitative estimate of drug-likeness (QED) is 0.786. The van der Waals surface area contributed by atoms with Crippen LogP contribution in [0.3, 0.4) is 0 Å². The Kier molecular flexibility index (Phi) is 2.17. The highest BCUT2D eigenvalue weighted by Crippen LogP contribution is 2.29. The normalized spacial score (nSPS) is 18.9. The van der Waals surface area contributed by atoms with E-state index in [2.05, 4.69) is 46.2 Å². The first-order valence-electron chi connectivity index (χ1n) is 5.63. The maximum Gasteiger partial charge on any atom is 0.113 e. The molecule has 82 valence electrons. The summed E-state index contributed by atoms with van der Waals surface area (Å²) in [6, 6.07) is 8.51. The van der Waals surface area contributed by atoms with Gasteiger partial charge in [0, 0.05) is 37.6 Å². The Morgan fingerprint density at radius 1 is 1.38 bits per heavy atom. The summed E-state index contributed by atoms with van der Waals surface area (Å²) in [5.74, 6) is 1.65. The molecule has 0 saturated carbocycles. The number of nitrogens with one attached hydrogen (secondary N) is 1. The number of para-hydroxylation sites is 1. The number of aromatic nitrogens is 2. The Bertz CT molecular complexity index is 501. The number of hydrogen-bond acceptors (Lipinski definition) is 2. The lowest BCUT2D eigenvalue weighted by molar-refractivity contribution is 0.618. The van der Waals surface area contributed by atoms with Crippen molar-refractivity contribution >= 4 is 5.69 Å². The molecule has 1 unspecified atom stereocenters. The second kappa shape index (κ2) is 3.67. The van der Waals surface area contributed by atoms with Crippen molar-refractivity contribution in [3.8, 4) is 0 Å². The Morgan fingerprint density at radius 2 is 2.25 bits per heavy atom. The van der Waals surface area contributed by atoms with Crippen LogP contribution >= 0.6 is 0 Å². The van der Waals surface area contributed by atoms with Crippen LogP contribution < -0.4 is 5.32 Å². The van der Waals surface area contributed by atoms with E-state index >= 15 is 0 Å². The van der Waals surface area contributed by atoms with Gasteiger partial charge in [-0.3, -0.25) is 0 Å². The molecule has 1 aromatic heterocycles. The molecule has 1 aromatic carbocycles. The molecule has 2 heterocycles. The summed E-state index contributed by atoms with van der Waals surface area (Å²) in [7, 11) is 2.06. The second-order valence-corrected chi connectivity index (χ2v) is 4.34. The highest BCUT2D eigenvalue weighted by molar-refractivity contribution is 5.54. The highest BCUT2D eigenvalue weighted by atomic mass is 15.1. The summed E-state index contributed by atoms with van der Waals surface area (Å²) in [6.45, 7) is 0.974. The van der Waals surface area contributed by atoms with Gasteiger partial charge in [-0.15, -0.1) is 0 Å². The predicted molar refractivity (Wildman–Crippen MR) is 64.6 cm³/mol. The summed E-state index contributed by atoms with van der Waals surface area (Å²) in [4.78, 5) is 4.44. The molecule has 0 amide bonds. The van der Waals surface area contributed by atoms with Gasteiger partial charge in [-0.05, 0) is 18.1 Å². The Labute approximate surface area is 95.1 Å². The zero-order valence-corrected chi connectivity index (χ0v) is 9.35. The Balaban J connectivity index is 1.91. The molecule has 3 rings (SSSR count). The summed E-state index contributed by atoms with van der Waals surface area (Å²) in [6.07, 6.45) is 4.96. The molecule has 1 aliphatic heterocycles. The molecular weight excluding hydrogens is 198 g/mol. The van der Waals surface area contributed by atoms with E-state index in [1.807, 2.05) is 12.4 Å². The van der Waals surface area contributed by atoms with Crippen molar-refractivity contribution in [1.82, 2.24) is 9.55 Å². The van der Waals surface area contributed by atoms with Crippen LogP contribution in [0.4, 0.5) is 5.69 Å². The molecule has 0 aliphatic carbocycles. The summed E-state index contributed by atoms with van der Waals surface area (Å²) in [5, 5.41) is 3.47. The minimum atomic E-state index is 0.481. The van der Waals surface area contributed by atoms with E-state index in [1.54, 1.807) is 0 Å². The molecular formula is C13H15N3. The monoisotopic (exact) mass is 213 g/mol. The standard InChI is InChI=1S/C13H15N3/c1-16-7-6-14-13(16)11-8-10-4-2-3-5-12(10)15-9-11/h2-7,11,15H,8-9H2,1H3. The molecule has 1 atom stereocenters. The van der Waals surface area contributed by atoms with E-state index in [-0.39, 0.29) is 0 Å². The molecule has 16 heavy (non-hydrogen) atoms. The lowest BCUT2D eigenvalue weighted by Gasteiger charge is -2.25. The number of hydrogen-bond donors (Lipinski definition) is 1. The number of anilines is 1. The first-order valence-corrected chi connectivity index (χ1v) is 5.63. The van der Waals surface area contributed by atoms with E-state index in [1.165, 1.54) is 17.1 Å². The minimum Gasteiger partial charge on any atom is -0.384 e. The van der Waals surface area contributed by atoms with E-state index in [4.69, 9.17) is 0 Å². The van der Waals surface area contributed by atoms with Crippen LogP contribution in [0, 0.1) is 0 Å². The average molecular weight is 213 g/mol. The van der Waals surface area contributed by atoms with Gasteiger partial charge < -0.3 is 9.88 Å². The van der Waals surface area contributed by atoms with Crippen molar-refractivity contribution in [3.63, 3.8) is 0 Å². The first kappa shape index (κ1) is 9.46. The summed E-state index contributed by atoms with van der Waals surface area (Å²) >= 11 is 0. The van der Waals surface area contributed by atoms with Crippen LogP contribution in [0.2, 0.25) is 0 Å². The Morgan fingerprint density at radius 3 is 3.06 bits per heavy atom. The third-order valence-corrected chi connectivity index (χ3v) is 3.25. The van der Waals surface area contributed by atoms with Crippen molar-refractivity contribution in [1.29, 1.82) is 0 Å². The van der Waals surface area contributed by atoms with Gasteiger partial charge in [-0.25, -0.2) is 4.98 Å². The number of imidazole rings is 1. The summed E-state index contributed by atoms with van der Waals surface area (Å²) in [5.41, 5.74) is 2.66. The second-order valence-electron chi connectivity index (χ2n) is 4.34. The minimum absolute atomic E-state index is 0.481. The van der Waals surface area contributed by atoms with Gasteiger partial charge in [0.25, 0.3) is 0 Å². The van der Waals surface area contributed by atoms with Crippen LogP contribution in [0.15, 0.2) is 36.7 Å². The third kappa shape index (κ3) is 1.48. The van der Waals surface area contributed by atoms with E-state index < -0.39 is 0 Å². The van der Waals surface area contributed by atoms with Crippen LogP contribution in [0.1, 0.15) is 17.3 Å². The van der Waals surface area contributed by atoms with Gasteiger partial charge in [-0.1, -0.05) is 18.2 Å². The smallest absolute Gasteiger partial charge is 0.113 e. The fourth-order valence-corrected chi connectivity index (χ4v) is 2.39. The highest BCUT2D eigenvalue weighted by Gasteiger charge is 2.21. The first-order chi connectivity index (χ1) is 7.84. The number of rotatable bonds is 1.